The molecule has 3 nitrogen and oxygen atoms in total. The number of rotatable bonds is 3. The number of aryl methyl sites for hydroxylation is 2. The van der Waals surface area contributed by atoms with Crippen molar-refractivity contribution in [1.29, 1.82) is 0 Å². The van der Waals surface area contributed by atoms with Crippen molar-refractivity contribution in [1.82, 2.24) is 5.43 Å². The number of hydrogen-bond donors (Lipinski definition) is 2. The quantitative estimate of drug-likeness (QED) is 0.507. The van der Waals surface area contributed by atoms with Gasteiger partial charge in [-0.2, -0.15) is 18.3 Å². The number of halogens is 3. The first-order valence-corrected chi connectivity index (χ1v) is 6.35. The van der Waals surface area contributed by atoms with Crippen LogP contribution in [0, 0.1) is 19.8 Å². The minimum atomic E-state index is -4.30. The van der Waals surface area contributed by atoms with Gasteiger partial charge in [-0.25, -0.2) is 0 Å². The average molecular weight is 303 g/mol. The van der Waals surface area contributed by atoms with Crippen LogP contribution in [-0.2, 0) is 0 Å². The highest BCUT2D eigenvalue weighted by Gasteiger charge is 2.34. The van der Waals surface area contributed by atoms with Gasteiger partial charge in [0, 0.05) is 11.9 Å². The number of hydrazone groups is 1. The summed E-state index contributed by atoms with van der Waals surface area (Å²) in [5.41, 5.74) is 5.35. The first kappa shape index (κ1) is 16.4. The maximum atomic E-state index is 12.2. The number of benzene rings is 1. The Hall–Kier alpha value is -1.63. The Morgan fingerprint density at radius 2 is 1.95 bits per heavy atom. The number of thiocarbonyl (C=S) groups is 1. The SMILES string of the molecule is Cc1ccc(NC(=S)N/N=C/C(C)C(F)(F)F)cc1C. The number of anilines is 1. The van der Waals surface area contributed by atoms with Crippen molar-refractivity contribution in [2.75, 3.05) is 5.32 Å². The topological polar surface area (TPSA) is 36.4 Å². The second-order valence-corrected chi connectivity index (χ2v) is 4.88. The van der Waals surface area contributed by atoms with Gasteiger partial charge >= 0.3 is 6.18 Å². The molecule has 0 aliphatic carbocycles. The molecule has 0 heterocycles. The van der Waals surface area contributed by atoms with Crippen LogP contribution in [0.25, 0.3) is 0 Å². The Labute approximate surface area is 121 Å². The van der Waals surface area contributed by atoms with Gasteiger partial charge in [-0.15, -0.1) is 0 Å². The Morgan fingerprint density at radius 1 is 1.30 bits per heavy atom. The molecule has 0 spiro atoms. The van der Waals surface area contributed by atoms with E-state index in [0.29, 0.717) is 0 Å². The van der Waals surface area contributed by atoms with Gasteiger partial charge in [0.15, 0.2) is 5.11 Å². The molecule has 0 saturated heterocycles. The lowest BCUT2D eigenvalue weighted by atomic mass is 10.1. The molecule has 2 N–H and O–H groups in total. The Morgan fingerprint density at radius 3 is 2.50 bits per heavy atom. The summed E-state index contributed by atoms with van der Waals surface area (Å²) in [6.07, 6.45) is -3.53. The summed E-state index contributed by atoms with van der Waals surface area (Å²) in [5.74, 6) is -1.63. The van der Waals surface area contributed by atoms with Crippen LogP contribution in [0.5, 0.6) is 0 Å². The van der Waals surface area contributed by atoms with Crippen molar-refractivity contribution in [3.8, 4) is 0 Å². The fourth-order valence-electron chi connectivity index (χ4n) is 1.27. The highest BCUT2D eigenvalue weighted by molar-refractivity contribution is 7.80. The van der Waals surface area contributed by atoms with Gasteiger partial charge in [0.1, 0.15) is 0 Å². The first-order chi connectivity index (χ1) is 9.20. The van der Waals surface area contributed by atoms with Crippen molar-refractivity contribution in [3.63, 3.8) is 0 Å². The van der Waals surface area contributed by atoms with Gasteiger partial charge < -0.3 is 5.32 Å². The molecule has 1 unspecified atom stereocenters. The molecule has 0 bridgehead atoms. The van der Waals surface area contributed by atoms with E-state index in [1.807, 2.05) is 32.0 Å². The summed E-state index contributed by atoms with van der Waals surface area (Å²) in [7, 11) is 0. The molecular weight excluding hydrogens is 287 g/mol. The molecule has 0 amide bonds. The number of nitrogens with zero attached hydrogens (tertiary/aromatic N) is 1. The van der Waals surface area contributed by atoms with Crippen LogP contribution in [0.2, 0.25) is 0 Å². The molecule has 0 aromatic heterocycles. The zero-order chi connectivity index (χ0) is 15.3. The van der Waals surface area contributed by atoms with Gasteiger partial charge in [-0.3, -0.25) is 5.43 Å². The van der Waals surface area contributed by atoms with Crippen molar-refractivity contribution < 1.29 is 13.2 Å². The van der Waals surface area contributed by atoms with Crippen LogP contribution in [0.3, 0.4) is 0 Å². The highest BCUT2D eigenvalue weighted by Crippen LogP contribution is 2.23. The van der Waals surface area contributed by atoms with Crippen LogP contribution < -0.4 is 10.7 Å². The highest BCUT2D eigenvalue weighted by atomic mass is 32.1. The average Bonchev–Trinajstić information content (AvgIpc) is 2.32. The number of alkyl halides is 3. The molecule has 0 aliphatic heterocycles. The van der Waals surface area contributed by atoms with Gasteiger partial charge in [-0.05, 0) is 56.2 Å². The van der Waals surface area contributed by atoms with Crippen LogP contribution in [0.4, 0.5) is 18.9 Å². The predicted octanol–water partition coefficient (Wildman–Crippen LogP) is 3.77. The molecular formula is C13H16F3N3S. The second-order valence-electron chi connectivity index (χ2n) is 4.47. The van der Waals surface area contributed by atoms with Gasteiger partial charge in [-0.1, -0.05) is 6.07 Å². The molecule has 110 valence electrons. The van der Waals surface area contributed by atoms with E-state index in [1.54, 1.807) is 0 Å². The molecule has 1 aromatic rings. The number of hydrogen-bond acceptors (Lipinski definition) is 2. The summed E-state index contributed by atoms with van der Waals surface area (Å²) in [6.45, 7) is 4.96. The van der Waals surface area contributed by atoms with Gasteiger partial charge in [0.2, 0.25) is 0 Å². The van der Waals surface area contributed by atoms with Crippen molar-refractivity contribution in [2.24, 2.45) is 11.0 Å². The van der Waals surface area contributed by atoms with E-state index in [-0.39, 0.29) is 5.11 Å². The normalized spacial score (nSPS) is 13.3. The third-order valence-electron chi connectivity index (χ3n) is 2.75. The molecule has 20 heavy (non-hydrogen) atoms. The van der Waals surface area contributed by atoms with Crippen molar-refractivity contribution in [3.05, 3.63) is 29.3 Å². The lowest BCUT2D eigenvalue weighted by Gasteiger charge is -2.11. The summed E-state index contributed by atoms with van der Waals surface area (Å²) in [4.78, 5) is 0. The summed E-state index contributed by atoms with van der Waals surface area (Å²) >= 11 is 4.94. The third-order valence-corrected chi connectivity index (χ3v) is 2.94. The van der Waals surface area contributed by atoms with Gasteiger partial charge in [0.05, 0.1) is 5.92 Å². The Kier molecular flexibility index (Phi) is 5.50. The second kappa shape index (κ2) is 6.69. The summed E-state index contributed by atoms with van der Waals surface area (Å²) in [6, 6.07) is 5.65. The molecule has 0 saturated carbocycles. The van der Waals surface area contributed by atoms with Crippen molar-refractivity contribution >= 4 is 29.2 Å². The fraction of sp³-hybridized carbons (Fsp3) is 0.385. The van der Waals surface area contributed by atoms with Crippen LogP contribution in [0.1, 0.15) is 18.1 Å². The maximum Gasteiger partial charge on any atom is 0.396 e. The fourth-order valence-corrected chi connectivity index (χ4v) is 1.44. The zero-order valence-electron chi connectivity index (χ0n) is 11.4. The monoisotopic (exact) mass is 303 g/mol. The van der Waals surface area contributed by atoms with E-state index >= 15 is 0 Å². The third kappa shape index (κ3) is 5.16. The number of nitrogens with one attached hydrogen (secondary N) is 2. The Balaban J connectivity index is 2.52. The molecule has 7 heteroatoms. The minimum absolute atomic E-state index is 0.138. The smallest absolute Gasteiger partial charge is 0.331 e. The van der Waals surface area contributed by atoms with E-state index in [0.717, 1.165) is 30.0 Å². The predicted molar refractivity (Wildman–Crippen MR) is 79.0 cm³/mol. The standard InChI is InChI=1S/C13H16F3N3S/c1-8-4-5-11(6-9(8)2)18-12(20)19-17-7-10(3)13(14,15)16/h4-7,10H,1-3H3,(H2,18,19,20)/b17-7+. The first-order valence-electron chi connectivity index (χ1n) is 5.94. The zero-order valence-corrected chi connectivity index (χ0v) is 12.2. The van der Waals surface area contributed by atoms with E-state index in [2.05, 4.69) is 15.8 Å². The van der Waals surface area contributed by atoms with Crippen LogP contribution in [0.15, 0.2) is 23.3 Å². The van der Waals surface area contributed by atoms with Gasteiger partial charge in [0.25, 0.3) is 0 Å². The Bertz CT molecular complexity index is 512. The largest absolute Gasteiger partial charge is 0.396 e. The molecule has 0 aliphatic rings. The van der Waals surface area contributed by atoms with Crippen molar-refractivity contribution in [2.45, 2.75) is 26.9 Å². The molecule has 0 radical (unpaired) electrons. The van der Waals surface area contributed by atoms with Crippen LogP contribution in [-0.4, -0.2) is 17.5 Å². The van der Waals surface area contributed by atoms with E-state index in [4.69, 9.17) is 12.2 Å². The minimum Gasteiger partial charge on any atom is -0.331 e. The molecule has 1 rings (SSSR count). The lowest BCUT2D eigenvalue weighted by Crippen LogP contribution is -2.26. The van der Waals surface area contributed by atoms with E-state index < -0.39 is 12.1 Å². The lowest BCUT2D eigenvalue weighted by molar-refractivity contribution is -0.149. The van der Waals surface area contributed by atoms with E-state index in [1.165, 1.54) is 0 Å². The summed E-state index contributed by atoms with van der Waals surface area (Å²) < 4.78 is 36.7. The maximum absolute atomic E-state index is 12.2. The molecule has 1 atom stereocenters. The molecule has 0 fully saturated rings. The van der Waals surface area contributed by atoms with E-state index in [9.17, 15) is 13.2 Å². The van der Waals surface area contributed by atoms with Crippen LogP contribution >= 0.6 is 12.2 Å². The summed E-state index contributed by atoms with van der Waals surface area (Å²) in [5, 5.41) is 6.46. The molecule has 1 aromatic carbocycles.